The number of hydrogen-bond acceptors (Lipinski definition) is 2. The minimum atomic E-state index is -3.50. The third kappa shape index (κ3) is 4.74. The van der Waals surface area contributed by atoms with Crippen molar-refractivity contribution in [3.8, 4) is 0 Å². The lowest BCUT2D eigenvalue weighted by Gasteiger charge is -2.11. The minimum absolute atomic E-state index is 0.157. The minimum Gasteiger partial charge on any atom is -0.325 e. The van der Waals surface area contributed by atoms with Crippen molar-refractivity contribution in [3.63, 3.8) is 0 Å². The van der Waals surface area contributed by atoms with Gasteiger partial charge in [-0.25, -0.2) is 8.42 Å². The van der Waals surface area contributed by atoms with E-state index in [0.29, 0.717) is 0 Å². The lowest BCUT2D eigenvalue weighted by atomic mass is 10.3. The molecule has 0 aliphatic rings. The Bertz CT molecular complexity index is 639. The van der Waals surface area contributed by atoms with Crippen molar-refractivity contribution in [3.05, 3.63) is 60.7 Å². The van der Waals surface area contributed by atoms with Crippen molar-refractivity contribution in [2.24, 2.45) is 4.40 Å². The van der Waals surface area contributed by atoms with Crippen LogP contribution in [-0.2, 0) is 10.0 Å². The van der Waals surface area contributed by atoms with E-state index in [2.05, 4.69) is 15.0 Å². The van der Waals surface area contributed by atoms with E-state index >= 15 is 0 Å². The van der Waals surface area contributed by atoms with E-state index in [9.17, 15) is 8.42 Å². The van der Waals surface area contributed by atoms with Gasteiger partial charge < -0.3 is 10.6 Å². The van der Waals surface area contributed by atoms with E-state index in [1.165, 1.54) is 0 Å². The average Bonchev–Trinajstić information content (AvgIpc) is 2.39. The molecule has 5 nitrogen and oxygen atoms in total. The number of nitrogens with zero attached hydrogens (tertiary/aromatic N) is 1. The summed E-state index contributed by atoms with van der Waals surface area (Å²) in [6, 6.07) is 18.5. The molecule has 0 saturated heterocycles. The van der Waals surface area contributed by atoms with E-state index in [1.807, 2.05) is 60.7 Å². The topological polar surface area (TPSA) is 70.6 Å². The molecule has 0 saturated carbocycles. The van der Waals surface area contributed by atoms with Crippen LogP contribution in [0.1, 0.15) is 0 Å². The Hall–Kier alpha value is -2.34. The molecule has 2 N–H and O–H groups in total. The van der Waals surface area contributed by atoms with Crippen molar-refractivity contribution in [2.75, 3.05) is 16.9 Å². The normalized spacial score (nSPS) is 10.7. The molecule has 0 unspecified atom stereocenters. The van der Waals surface area contributed by atoms with Crippen molar-refractivity contribution in [2.45, 2.75) is 0 Å². The van der Waals surface area contributed by atoms with E-state index < -0.39 is 10.0 Å². The highest BCUT2D eigenvalue weighted by atomic mass is 32.2. The van der Waals surface area contributed by atoms with E-state index in [1.54, 1.807) is 0 Å². The largest absolute Gasteiger partial charge is 0.325 e. The molecule has 0 atom stereocenters. The number of anilines is 2. The summed E-state index contributed by atoms with van der Waals surface area (Å²) in [4.78, 5) is 0. The van der Waals surface area contributed by atoms with E-state index in [-0.39, 0.29) is 5.96 Å². The molecule has 0 heterocycles. The van der Waals surface area contributed by atoms with Gasteiger partial charge in [0.25, 0.3) is 10.0 Å². The first-order valence-electron chi connectivity index (χ1n) is 5.97. The second-order valence-corrected chi connectivity index (χ2v) is 5.80. The number of sulfonamides is 1. The van der Waals surface area contributed by atoms with Crippen molar-refractivity contribution in [1.29, 1.82) is 0 Å². The van der Waals surface area contributed by atoms with Crippen molar-refractivity contribution in [1.82, 2.24) is 0 Å². The van der Waals surface area contributed by atoms with Crippen molar-refractivity contribution >= 4 is 27.4 Å². The molecule has 0 amide bonds. The summed E-state index contributed by atoms with van der Waals surface area (Å²) in [5, 5.41) is 5.89. The molecule has 0 aromatic heterocycles. The van der Waals surface area contributed by atoms with Crippen LogP contribution in [0.25, 0.3) is 0 Å². The van der Waals surface area contributed by atoms with Gasteiger partial charge in [0.15, 0.2) is 0 Å². The number of hydrogen-bond donors (Lipinski definition) is 2. The number of rotatable bonds is 3. The lowest BCUT2D eigenvalue weighted by Crippen LogP contribution is -2.23. The SMILES string of the molecule is CS(=O)(=O)N=C(Nc1ccccc1)Nc1ccccc1. The fraction of sp³-hybridized carbons (Fsp3) is 0.0714. The van der Waals surface area contributed by atoms with Crippen LogP contribution in [-0.4, -0.2) is 20.6 Å². The summed E-state index contributed by atoms with van der Waals surface area (Å²) in [6.07, 6.45) is 1.05. The molecule has 2 aromatic carbocycles. The monoisotopic (exact) mass is 289 g/mol. The number of para-hydroxylation sites is 2. The second kappa shape index (κ2) is 6.21. The maximum absolute atomic E-state index is 11.4. The van der Waals surface area contributed by atoms with Crippen LogP contribution in [0.3, 0.4) is 0 Å². The van der Waals surface area contributed by atoms with Gasteiger partial charge in [-0.05, 0) is 24.3 Å². The first-order chi connectivity index (χ1) is 9.53. The van der Waals surface area contributed by atoms with Crippen LogP contribution in [0.4, 0.5) is 11.4 Å². The van der Waals surface area contributed by atoms with Gasteiger partial charge in [0.2, 0.25) is 5.96 Å². The van der Waals surface area contributed by atoms with E-state index in [4.69, 9.17) is 0 Å². The quantitative estimate of drug-likeness (QED) is 0.673. The maximum Gasteiger partial charge on any atom is 0.253 e. The van der Waals surface area contributed by atoms with E-state index in [0.717, 1.165) is 17.6 Å². The van der Waals surface area contributed by atoms with Gasteiger partial charge in [-0.2, -0.15) is 0 Å². The summed E-state index contributed by atoms with van der Waals surface area (Å²) >= 11 is 0. The van der Waals surface area contributed by atoms with Gasteiger partial charge in [0.05, 0.1) is 6.26 Å². The van der Waals surface area contributed by atoms with Gasteiger partial charge >= 0.3 is 0 Å². The molecule has 0 aliphatic carbocycles. The van der Waals surface area contributed by atoms with Crippen LogP contribution in [0, 0.1) is 0 Å². The second-order valence-electron chi connectivity index (χ2n) is 4.15. The Labute approximate surface area is 118 Å². The number of guanidine groups is 1. The zero-order chi connectivity index (χ0) is 14.4. The average molecular weight is 289 g/mol. The standard InChI is InChI=1S/C14H15N3O2S/c1-20(18,19)17-14(15-12-8-4-2-5-9-12)16-13-10-6-3-7-11-13/h2-11H,1H3,(H2,15,16,17). The zero-order valence-corrected chi connectivity index (χ0v) is 11.8. The molecule has 6 heteroatoms. The third-order valence-corrected chi connectivity index (χ3v) is 2.84. The predicted octanol–water partition coefficient (Wildman–Crippen LogP) is 2.53. The van der Waals surface area contributed by atoms with Gasteiger partial charge in [-0.1, -0.05) is 36.4 Å². The number of benzene rings is 2. The molecule has 0 bridgehead atoms. The molecule has 20 heavy (non-hydrogen) atoms. The highest BCUT2D eigenvalue weighted by Crippen LogP contribution is 2.09. The van der Waals surface area contributed by atoms with Crippen LogP contribution < -0.4 is 10.6 Å². The molecule has 2 rings (SSSR count). The summed E-state index contributed by atoms with van der Waals surface area (Å²) in [5.74, 6) is 0.157. The summed E-state index contributed by atoms with van der Waals surface area (Å²) in [5.41, 5.74) is 1.50. The molecule has 0 aliphatic heterocycles. The fourth-order valence-electron chi connectivity index (χ4n) is 1.56. The Kier molecular flexibility index (Phi) is 4.37. The highest BCUT2D eigenvalue weighted by Gasteiger charge is 2.05. The van der Waals surface area contributed by atoms with Crippen LogP contribution >= 0.6 is 0 Å². The Morgan fingerprint density at radius 3 is 1.60 bits per heavy atom. The van der Waals surface area contributed by atoms with Gasteiger partial charge in [-0.15, -0.1) is 4.40 Å². The summed E-state index contributed by atoms with van der Waals surface area (Å²) in [6.45, 7) is 0. The molecule has 0 spiro atoms. The molecular formula is C14H15N3O2S. The van der Waals surface area contributed by atoms with Crippen LogP contribution in [0.15, 0.2) is 65.1 Å². The Morgan fingerprint density at radius 2 is 1.25 bits per heavy atom. The first-order valence-corrected chi connectivity index (χ1v) is 7.82. The molecular weight excluding hydrogens is 274 g/mol. The number of nitrogens with one attached hydrogen (secondary N) is 2. The van der Waals surface area contributed by atoms with Crippen LogP contribution in [0.2, 0.25) is 0 Å². The molecule has 2 aromatic rings. The van der Waals surface area contributed by atoms with Gasteiger partial charge in [0.1, 0.15) is 0 Å². The Balaban J connectivity index is 2.24. The molecule has 0 radical (unpaired) electrons. The maximum atomic E-state index is 11.4. The third-order valence-electron chi connectivity index (χ3n) is 2.33. The smallest absolute Gasteiger partial charge is 0.253 e. The molecule has 104 valence electrons. The molecule has 0 fully saturated rings. The van der Waals surface area contributed by atoms with Crippen molar-refractivity contribution < 1.29 is 8.42 Å². The summed E-state index contributed by atoms with van der Waals surface area (Å²) < 4.78 is 26.4. The van der Waals surface area contributed by atoms with Gasteiger partial charge in [0, 0.05) is 11.4 Å². The predicted molar refractivity (Wildman–Crippen MR) is 82.4 cm³/mol. The Morgan fingerprint density at radius 1 is 0.850 bits per heavy atom. The zero-order valence-electron chi connectivity index (χ0n) is 10.9. The van der Waals surface area contributed by atoms with Crippen LogP contribution in [0.5, 0.6) is 0 Å². The fourth-order valence-corrected chi connectivity index (χ4v) is 1.98. The first kappa shape index (κ1) is 14.1. The van der Waals surface area contributed by atoms with Gasteiger partial charge in [-0.3, -0.25) is 0 Å². The highest BCUT2D eigenvalue weighted by molar-refractivity contribution is 7.89. The summed E-state index contributed by atoms with van der Waals surface area (Å²) in [7, 11) is -3.50. The lowest BCUT2D eigenvalue weighted by molar-refractivity contribution is 0.604.